The van der Waals surface area contributed by atoms with Gasteiger partial charge in [0.2, 0.25) is 0 Å². The van der Waals surface area contributed by atoms with Crippen LogP contribution in [0.3, 0.4) is 0 Å². The number of sulfonamides is 1. The summed E-state index contributed by atoms with van der Waals surface area (Å²) in [5.74, 6) is -0.533. The number of halogens is 3. The molecule has 0 saturated heterocycles. The molecule has 0 bridgehead atoms. The van der Waals surface area contributed by atoms with Crippen LogP contribution >= 0.6 is 0 Å². The molecule has 9 heteroatoms. The van der Waals surface area contributed by atoms with Gasteiger partial charge in [-0.25, -0.2) is 17.9 Å². The molecule has 0 fully saturated rings. The molecule has 0 heterocycles. The highest BCUT2D eigenvalue weighted by atomic mass is 32.2. The number of alkyl halides is 3. The van der Waals surface area contributed by atoms with E-state index in [1.807, 2.05) is 0 Å². The van der Waals surface area contributed by atoms with Gasteiger partial charge in [-0.3, -0.25) is 0 Å². The number of benzene rings is 1. The quantitative estimate of drug-likeness (QED) is 0.836. The monoisotopic (exact) mass is 311 g/mol. The van der Waals surface area contributed by atoms with Gasteiger partial charge in [0.05, 0.1) is 12.7 Å². The molecule has 112 valence electrons. The van der Waals surface area contributed by atoms with Crippen LogP contribution in [0, 0.1) is 0 Å². The van der Waals surface area contributed by atoms with E-state index in [1.165, 1.54) is 36.1 Å². The number of hydrogen-bond acceptors (Lipinski definition) is 4. The molecule has 1 N–H and O–H groups in total. The minimum Gasteiger partial charge on any atom is -0.465 e. The standard InChI is InChI=1S/C11H12F3NO4S/c1-19-10(16)9-4-2-8(3-5-9)6-7-15-20(17,18)11(12,13)14/h2-5,15H,6-7H2,1H3. The van der Waals surface area contributed by atoms with Crippen molar-refractivity contribution < 1.29 is 31.1 Å². The van der Waals surface area contributed by atoms with E-state index in [1.54, 1.807) is 0 Å². The van der Waals surface area contributed by atoms with Crippen LogP contribution < -0.4 is 4.72 Å². The number of carbonyl (C=O) groups is 1. The number of esters is 1. The molecule has 0 aliphatic rings. The fraction of sp³-hybridized carbons (Fsp3) is 0.364. The Labute approximate surface area is 113 Å². The van der Waals surface area contributed by atoms with Gasteiger partial charge in [0.1, 0.15) is 0 Å². The molecule has 5 nitrogen and oxygen atoms in total. The molecule has 0 aliphatic carbocycles. The Morgan fingerprint density at radius 3 is 2.25 bits per heavy atom. The van der Waals surface area contributed by atoms with Crippen molar-refractivity contribution in [1.82, 2.24) is 4.72 Å². The lowest BCUT2D eigenvalue weighted by molar-refractivity contribution is -0.0447. The lowest BCUT2D eigenvalue weighted by atomic mass is 10.1. The summed E-state index contributed by atoms with van der Waals surface area (Å²) in [6, 6.07) is 5.90. The highest BCUT2D eigenvalue weighted by molar-refractivity contribution is 7.90. The van der Waals surface area contributed by atoms with E-state index in [-0.39, 0.29) is 13.0 Å². The first kappa shape index (κ1) is 16.4. The lowest BCUT2D eigenvalue weighted by Crippen LogP contribution is -2.37. The van der Waals surface area contributed by atoms with Gasteiger partial charge in [-0.1, -0.05) is 12.1 Å². The Morgan fingerprint density at radius 2 is 1.80 bits per heavy atom. The molecule has 0 atom stereocenters. The molecular formula is C11H12F3NO4S. The van der Waals surface area contributed by atoms with Crippen LogP contribution in [0.2, 0.25) is 0 Å². The maximum absolute atomic E-state index is 12.0. The number of hydrogen-bond donors (Lipinski definition) is 1. The molecule has 1 aromatic carbocycles. The summed E-state index contributed by atoms with van der Waals surface area (Å²) in [6.45, 7) is -0.389. The van der Waals surface area contributed by atoms with Crippen LogP contribution in [0.25, 0.3) is 0 Å². The molecule has 0 aliphatic heterocycles. The summed E-state index contributed by atoms with van der Waals surface area (Å²) in [6.07, 6.45) is 0.0662. The average molecular weight is 311 g/mol. The van der Waals surface area contributed by atoms with Crippen LogP contribution in [0.15, 0.2) is 24.3 Å². The number of carbonyl (C=O) groups excluding carboxylic acids is 1. The first-order valence-corrected chi connectivity index (χ1v) is 6.89. The zero-order chi connectivity index (χ0) is 15.4. The molecule has 0 saturated carbocycles. The highest BCUT2D eigenvalue weighted by Gasteiger charge is 2.45. The van der Waals surface area contributed by atoms with E-state index in [2.05, 4.69) is 4.74 Å². The van der Waals surface area contributed by atoms with Crippen LogP contribution in [0.5, 0.6) is 0 Å². The number of methoxy groups -OCH3 is 1. The summed E-state index contributed by atoms with van der Waals surface area (Å²) in [5, 5.41) is 0. The Morgan fingerprint density at radius 1 is 1.25 bits per heavy atom. The van der Waals surface area contributed by atoms with Gasteiger partial charge in [0.25, 0.3) is 0 Å². The Kier molecular flexibility index (Phi) is 5.12. The molecule has 0 radical (unpaired) electrons. The van der Waals surface area contributed by atoms with Gasteiger partial charge in [0.15, 0.2) is 0 Å². The number of ether oxygens (including phenoxy) is 1. The molecule has 0 amide bonds. The van der Waals surface area contributed by atoms with Crippen molar-refractivity contribution in [2.75, 3.05) is 13.7 Å². The Hall–Kier alpha value is -1.61. The highest BCUT2D eigenvalue weighted by Crippen LogP contribution is 2.21. The molecular weight excluding hydrogens is 299 g/mol. The van der Waals surface area contributed by atoms with E-state index in [0.717, 1.165) is 0 Å². The lowest BCUT2D eigenvalue weighted by Gasteiger charge is -2.09. The van der Waals surface area contributed by atoms with Crippen LogP contribution in [0.1, 0.15) is 15.9 Å². The second-order valence-electron chi connectivity index (χ2n) is 3.78. The average Bonchev–Trinajstić information content (AvgIpc) is 2.37. The molecule has 20 heavy (non-hydrogen) atoms. The molecule has 0 aromatic heterocycles. The van der Waals surface area contributed by atoms with Crippen molar-refractivity contribution in [1.29, 1.82) is 0 Å². The molecule has 0 spiro atoms. The van der Waals surface area contributed by atoms with E-state index in [4.69, 9.17) is 0 Å². The smallest absolute Gasteiger partial charge is 0.465 e. The summed E-state index contributed by atoms with van der Waals surface area (Å²) < 4.78 is 63.5. The normalized spacial score (nSPS) is 12.2. The summed E-state index contributed by atoms with van der Waals surface area (Å²) in [7, 11) is -4.09. The van der Waals surface area contributed by atoms with Crippen molar-refractivity contribution >= 4 is 16.0 Å². The number of rotatable bonds is 5. The zero-order valence-corrected chi connectivity index (χ0v) is 11.2. The Balaban J connectivity index is 2.58. The topological polar surface area (TPSA) is 72.5 Å². The minimum atomic E-state index is -5.32. The van der Waals surface area contributed by atoms with Crippen molar-refractivity contribution in [2.45, 2.75) is 11.9 Å². The molecule has 0 unspecified atom stereocenters. The summed E-state index contributed by atoms with van der Waals surface area (Å²) >= 11 is 0. The summed E-state index contributed by atoms with van der Waals surface area (Å²) in [5.41, 5.74) is -4.43. The predicted octanol–water partition coefficient (Wildman–Crippen LogP) is 1.45. The Bertz CT molecular complexity index is 566. The van der Waals surface area contributed by atoms with Crippen molar-refractivity contribution in [3.63, 3.8) is 0 Å². The molecule has 1 aromatic rings. The fourth-order valence-electron chi connectivity index (χ4n) is 1.34. The SMILES string of the molecule is COC(=O)c1ccc(CCNS(=O)(=O)C(F)(F)F)cc1. The summed E-state index contributed by atoms with van der Waals surface area (Å²) in [4.78, 5) is 11.1. The van der Waals surface area contributed by atoms with Gasteiger partial charge in [-0.2, -0.15) is 13.2 Å². The third kappa shape index (κ3) is 4.20. The predicted molar refractivity (Wildman–Crippen MR) is 64.5 cm³/mol. The molecule has 1 rings (SSSR count). The van der Waals surface area contributed by atoms with Crippen LogP contribution in [-0.4, -0.2) is 33.5 Å². The zero-order valence-electron chi connectivity index (χ0n) is 10.4. The number of nitrogens with one attached hydrogen (secondary N) is 1. The van der Waals surface area contributed by atoms with E-state index < -0.39 is 21.5 Å². The third-order valence-corrected chi connectivity index (χ3v) is 3.58. The maximum Gasteiger partial charge on any atom is 0.511 e. The van der Waals surface area contributed by atoms with Gasteiger partial charge in [-0.05, 0) is 24.1 Å². The van der Waals surface area contributed by atoms with E-state index >= 15 is 0 Å². The third-order valence-electron chi connectivity index (χ3n) is 2.39. The van der Waals surface area contributed by atoms with E-state index in [0.29, 0.717) is 11.1 Å². The van der Waals surface area contributed by atoms with Gasteiger partial charge in [0, 0.05) is 6.54 Å². The van der Waals surface area contributed by atoms with Crippen LogP contribution in [-0.2, 0) is 21.2 Å². The maximum atomic E-state index is 12.0. The first-order chi connectivity index (χ1) is 9.17. The van der Waals surface area contributed by atoms with E-state index in [9.17, 15) is 26.4 Å². The van der Waals surface area contributed by atoms with Crippen molar-refractivity contribution in [2.24, 2.45) is 0 Å². The van der Waals surface area contributed by atoms with Gasteiger partial charge >= 0.3 is 21.5 Å². The van der Waals surface area contributed by atoms with Gasteiger partial charge < -0.3 is 4.74 Å². The second kappa shape index (κ2) is 6.23. The fourth-order valence-corrected chi connectivity index (χ4v) is 1.87. The van der Waals surface area contributed by atoms with Crippen LogP contribution in [0.4, 0.5) is 13.2 Å². The van der Waals surface area contributed by atoms with Crippen molar-refractivity contribution in [3.05, 3.63) is 35.4 Å². The minimum absolute atomic E-state index is 0.0662. The van der Waals surface area contributed by atoms with Crippen molar-refractivity contribution in [3.8, 4) is 0 Å². The van der Waals surface area contributed by atoms with Gasteiger partial charge in [-0.15, -0.1) is 0 Å². The first-order valence-electron chi connectivity index (χ1n) is 5.40. The second-order valence-corrected chi connectivity index (χ2v) is 5.54. The largest absolute Gasteiger partial charge is 0.511 e.